The fraction of sp³-hybridized carbons (Fsp3) is 0.538. The molecule has 2 rings (SSSR count). The molecule has 1 unspecified atom stereocenters. The van der Waals surface area contributed by atoms with Crippen LogP contribution in [-0.4, -0.2) is 23.5 Å². The zero-order chi connectivity index (χ0) is 11.8. The topological polar surface area (TPSA) is 39.2 Å². The van der Waals surface area contributed by atoms with Crippen LogP contribution in [0.15, 0.2) is 18.3 Å². The summed E-state index contributed by atoms with van der Waals surface area (Å²) in [6.45, 7) is 3.63. The average Bonchev–Trinajstić information content (AvgIpc) is 2.71. The van der Waals surface area contributed by atoms with Crippen molar-refractivity contribution in [3.63, 3.8) is 0 Å². The number of pyridine rings is 1. The maximum atomic E-state index is 12.3. The van der Waals surface area contributed by atoms with Gasteiger partial charge in [0, 0.05) is 13.3 Å². The van der Waals surface area contributed by atoms with Crippen molar-refractivity contribution in [1.29, 1.82) is 0 Å². The second-order valence-corrected chi connectivity index (χ2v) is 4.72. The molecular formula is C13H17NO2. The SMILES string of the molecule is COC(C)(C)C(=O)C1CCc2cccnc21. The van der Waals surface area contributed by atoms with Crippen molar-refractivity contribution in [2.24, 2.45) is 0 Å². The molecule has 0 spiro atoms. The summed E-state index contributed by atoms with van der Waals surface area (Å²) in [6.07, 6.45) is 3.56. The van der Waals surface area contributed by atoms with Gasteiger partial charge in [0.25, 0.3) is 0 Å². The van der Waals surface area contributed by atoms with Gasteiger partial charge in [0.2, 0.25) is 0 Å². The van der Waals surface area contributed by atoms with Gasteiger partial charge in [0.05, 0.1) is 11.6 Å². The number of methoxy groups -OCH3 is 1. The van der Waals surface area contributed by atoms with Gasteiger partial charge in [-0.25, -0.2) is 0 Å². The average molecular weight is 219 g/mol. The first-order chi connectivity index (χ1) is 7.56. The van der Waals surface area contributed by atoms with E-state index in [1.807, 2.05) is 19.9 Å². The highest BCUT2D eigenvalue weighted by atomic mass is 16.5. The van der Waals surface area contributed by atoms with Crippen LogP contribution in [-0.2, 0) is 16.0 Å². The Bertz CT molecular complexity index is 412. The molecule has 1 aromatic rings. The number of carbonyl (C=O) groups is 1. The summed E-state index contributed by atoms with van der Waals surface area (Å²) in [5.41, 5.74) is 1.43. The van der Waals surface area contributed by atoms with Crippen LogP contribution in [0.2, 0.25) is 0 Å². The Labute approximate surface area is 95.8 Å². The van der Waals surface area contributed by atoms with Crippen molar-refractivity contribution in [3.05, 3.63) is 29.6 Å². The van der Waals surface area contributed by atoms with Gasteiger partial charge >= 0.3 is 0 Å². The number of aryl methyl sites for hydroxylation is 1. The summed E-state index contributed by atoms with van der Waals surface area (Å²) in [7, 11) is 1.58. The highest BCUT2D eigenvalue weighted by Gasteiger charge is 2.38. The summed E-state index contributed by atoms with van der Waals surface area (Å²) in [6, 6.07) is 3.97. The molecule has 1 aliphatic rings. The number of hydrogen-bond acceptors (Lipinski definition) is 3. The van der Waals surface area contributed by atoms with Gasteiger partial charge in [-0.1, -0.05) is 6.07 Å². The van der Waals surface area contributed by atoms with E-state index in [-0.39, 0.29) is 11.7 Å². The predicted octanol–water partition coefficient (Wildman–Crippen LogP) is 2.11. The molecular weight excluding hydrogens is 202 g/mol. The van der Waals surface area contributed by atoms with E-state index in [2.05, 4.69) is 11.1 Å². The zero-order valence-corrected chi connectivity index (χ0v) is 9.99. The molecule has 3 nitrogen and oxygen atoms in total. The molecule has 1 heterocycles. The predicted molar refractivity (Wildman–Crippen MR) is 61.4 cm³/mol. The molecule has 1 atom stereocenters. The van der Waals surface area contributed by atoms with Gasteiger partial charge in [0.15, 0.2) is 5.78 Å². The van der Waals surface area contributed by atoms with E-state index in [9.17, 15) is 4.79 Å². The van der Waals surface area contributed by atoms with E-state index < -0.39 is 5.60 Å². The molecule has 0 aliphatic heterocycles. The van der Waals surface area contributed by atoms with Gasteiger partial charge in [-0.2, -0.15) is 0 Å². The van der Waals surface area contributed by atoms with Crippen LogP contribution in [0.25, 0.3) is 0 Å². The molecule has 0 amide bonds. The fourth-order valence-corrected chi connectivity index (χ4v) is 2.19. The van der Waals surface area contributed by atoms with E-state index in [1.54, 1.807) is 13.3 Å². The molecule has 1 aliphatic carbocycles. The Morgan fingerprint density at radius 1 is 1.56 bits per heavy atom. The van der Waals surface area contributed by atoms with E-state index >= 15 is 0 Å². The number of ketones is 1. The van der Waals surface area contributed by atoms with Crippen LogP contribution in [0.4, 0.5) is 0 Å². The lowest BCUT2D eigenvalue weighted by Crippen LogP contribution is -2.37. The smallest absolute Gasteiger partial charge is 0.173 e. The van der Waals surface area contributed by atoms with Crippen molar-refractivity contribution in [1.82, 2.24) is 4.98 Å². The van der Waals surface area contributed by atoms with E-state index in [0.717, 1.165) is 18.5 Å². The molecule has 0 bridgehead atoms. The minimum atomic E-state index is -0.718. The summed E-state index contributed by atoms with van der Waals surface area (Å²) < 4.78 is 5.25. The maximum absolute atomic E-state index is 12.3. The van der Waals surface area contributed by atoms with Crippen LogP contribution in [0, 0.1) is 0 Å². The second-order valence-electron chi connectivity index (χ2n) is 4.72. The van der Waals surface area contributed by atoms with Crippen molar-refractivity contribution in [2.45, 2.75) is 38.2 Å². The van der Waals surface area contributed by atoms with Crippen LogP contribution in [0.3, 0.4) is 0 Å². The Kier molecular flexibility index (Phi) is 2.80. The van der Waals surface area contributed by atoms with Crippen LogP contribution in [0.5, 0.6) is 0 Å². The molecule has 0 aromatic carbocycles. The largest absolute Gasteiger partial charge is 0.371 e. The molecule has 1 aromatic heterocycles. The summed E-state index contributed by atoms with van der Waals surface area (Å²) in [4.78, 5) is 16.6. The molecule has 0 N–H and O–H groups in total. The molecule has 0 saturated heterocycles. The molecule has 0 saturated carbocycles. The fourth-order valence-electron chi connectivity index (χ4n) is 2.19. The number of aromatic nitrogens is 1. The van der Waals surface area contributed by atoms with Gasteiger partial charge in [-0.05, 0) is 38.3 Å². The van der Waals surface area contributed by atoms with Crippen molar-refractivity contribution >= 4 is 5.78 Å². The Hall–Kier alpha value is -1.22. The van der Waals surface area contributed by atoms with E-state index in [1.165, 1.54) is 5.56 Å². The number of ether oxygens (including phenoxy) is 1. The third-order valence-electron chi connectivity index (χ3n) is 3.38. The van der Waals surface area contributed by atoms with Gasteiger partial charge in [0.1, 0.15) is 5.60 Å². The Morgan fingerprint density at radius 2 is 2.31 bits per heavy atom. The maximum Gasteiger partial charge on any atom is 0.173 e. The zero-order valence-electron chi connectivity index (χ0n) is 9.99. The van der Waals surface area contributed by atoms with Crippen LogP contribution >= 0.6 is 0 Å². The van der Waals surface area contributed by atoms with E-state index in [4.69, 9.17) is 4.74 Å². The summed E-state index contributed by atoms with van der Waals surface area (Å²) >= 11 is 0. The number of rotatable bonds is 3. The normalized spacial score (nSPS) is 19.6. The van der Waals surface area contributed by atoms with Gasteiger partial charge in [-0.3, -0.25) is 9.78 Å². The van der Waals surface area contributed by atoms with Gasteiger partial charge in [-0.15, -0.1) is 0 Å². The number of hydrogen-bond donors (Lipinski definition) is 0. The Morgan fingerprint density at radius 3 is 3.00 bits per heavy atom. The Balaban J connectivity index is 2.29. The number of Topliss-reactive ketones (excluding diaryl/α,β-unsaturated/α-hetero) is 1. The minimum Gasteiger partial charge on any atom is -0.371 e. The standard InChI is InChI=1S/C13H17NO2/c1-13(2,16-3)12(15)10-7-6-9-5-4-8-14-11(9)10/h4-5,8,10H,6-7H2,1-3H3. The summed E-state index contributed by atoms with van der Waals surface area (Å²) in [5, 5.41) is 0. The lowest BCUT2D eigenvalue weighted by Gasteiger charge is -2.24. The lowest BCUT2D eigenvalue weighted by molar-refractivity contribution is -0.138. The van der Waals surface area contributed by atoms with Crippen molar-refractivity contribution in [3.8, 4) is 0 Å². The quantitative estimate of drug-likeness (QED) is 0.781. The van der Waals surface area contributed by atoms with E-state index in [0.29, 0.717) is 0 Å². The number of nitrogens with zero attached hydrogens (tertiary/aromatic N) is 1. The highest BCUT2D eigenvalue weighted by Crippen LogP contribution is 2.35. The highest BCUT2D eigenvalue weighted by molar-refractivity contribution is 5.93. The first-order valence-electron chi connectivity index (χ1n) is 5.59. The minimum absolute atomic E-state index is 0.0915. The molecule has 3 heteroatoms. The lowest BCUT2D eigenvalue weighted by atomic mass is 9.89. The third-order valence-corrected chi connectivity index (χ3v) is 3.38. The van der Waals surface area contributed by atoms with Crippen molar-refractivity contribution in [2.75, 3.05) is 7.11 Å². The number of carbonyl (C=O) groups excluding carboxylic acids is 1. The second kappa shape index (κ2) is 3.98. The number of fused-ring (bicyclic) bond motifs is 1. The monoisotopic (exact) mass is 219 g/mol. The van der Waals surface area contributed by atoms with Gasteiger partial charge < -0.3 is 4.74 Å². The van der Waals surface area contributed by atoms with Crippen LogP contribution < -0.4 is 0 Å². The third kappa shape index (κ3) is 1.76. The van der Waals surface area contributed by atoms with Crippen LogP contribution in [0.1, 0.15) is 37.4 Å². The molecule has 0 fully saturated rings. The summed E-state index contributed by atoms with van der Waals surface area (Å²) in [5.74, 6) is 0.0404. The molecule has 0 radical (unpaired) electrons. The molecule has 86 valence electrons. The first kappa shape index (κ1) is 11.3. The molecule has 16 heavy (non-hydrogen) atoms. The first-order valence-corrected chi connectivity index (χ1v) is 5.59. The van der Waals surface area contributed by atoms with Crippen molar-refractivity contribution < 1.29 is 9.53 Å².